The van der Waals surface area contributed by atoms with Crippen molar-refractivity contribution in [1.29, 1.82) is 5.26 Å². The molecule has 2 atom stereocenters. The number of nitrogens with one attached hydrogen (secondary N) is 1. The molecule has 0 aromatic carbocycles. The first-order chi connectivity index (χ1) is 5.81. The molecule has 1 aliphatic heterocycles. The second-order valence-electron chi connectivity index (χ2n) is 3.03. The van der Waals surface area contributed by atoms with Gasteiger partial charge in [0.1, 0.15) is 0 Å². The summed E-state index contributed by atoms with van der Waals surface area (Å²) in [6.07, 6.45) is 5.39. The SMILES string of the molecule is N#CC1=CC2CNC(=O)C2C=C1. The van der Waals surface area contributed by atoms with Gasteiger partial charge in [-0.05, 0) is 6.08 Å². The van der Waals surface area contributed by atoms with Gasteiger partial charge in [0, 0.05) is 18.0 Å². The minimum atomic E-state index is -0.0397. The van der Waals surface area contributed by atoms with Gasteiger partial charge in [0.05, 0.1) is 12.0 Å². The zero-order chi connectivity index (χ0) is 8.55. The van der Waals surface area contributed by atoms with E-state index in [9.17, 15) is 4.79 Å². The average molecular weight is 160 g/mol. The highest BCUT2D eigenvalue weighted by atomic mass is 16.2. The lowest BCUT2D eigenvalue weighted by molar-refractivity contribution is -0.121. The number of rotatable bonds is 0. The predicted octanol–water partition coefficient (Wildman–Crippen LogP) is 0.368. The number of amides is 1. The summed E-state index contributed by atoms with van der Waals surface area (Å²) in [4.78, 5) is 11.1. The third kappa shape index (κ3) is 0.928. The fourth-order valence-electron chi connectivity index (χ4n) is 1.62. The molecule has 12 heavy (non-hydrogen) atoms. The van der Waals surface area contributed by atoms with E-state index in [1.54, 1.807) is 6.08 Å². The van der Waals surface area contributed by atoms with E-state index in [0.717, 1.165) is 0 Å². The molecule has 1 heterocycles. The molecule has 2 rings (SSSR count). The molecule has 0 aromatic rings. The van der Waals surface area contributed by atoms with Crippen molar-refractivity contribution in [3.05, 3.63) is 23.8 Å². The standard InChI is InChI=1S/C9H8N2O/c10-4-6-1-2-8-7(3-6)5-11-9(8)12/h1-3,7-8H,5H2,(H,11,12). The fraction of sp³-hybridized carbons (Fsp3) is 0.333. The lowest BCUT2D eigenvalue weighted by atomic mass is 9.89. The summed E-state index contributed by atoms with van der Waals surface area (Å²) < 4.78 is 0. The number of nitrogens with zero attached hydrogens (tertiary/aromatic N) is 1. The highest BCUT2D eigenvalue weighted by Crippen LogP contribution is 2.26. The van der Waals surface area contributed by atoms with E-state index in [1.165, 1.54) is 0 Å². The monoisotopic (exact) mass is 160 g/mol. The molecule has 3 heteroatoms. The van der Waals surface area contributed by atoms with Crippen LogP contribution >= 0.6 is 0 Å². The van der Waals surface area contributed by atoms with Crippen molar-refractivity contribution in [2.45, 2.75) is 0 Å². The van der Waals surface area contributed by atoms with Gasteiger partial charge in [0.25, 0.3) is 0 Å². The summed E-state index contributed by atoms with van der Waals surface area (Å²) in [5.41, 5.74) is 0.660. The van der Waals surface area contributed by atoms with Crippen LogP contribution in [0.4, 0.5) is 0 Å². The molecule has 1 fully saturated rings. The molecule has 1 saturated heterocycles. The van der Waals surface area contributed by atoms with Crippen molar-refractivity contribution in [2.75, 3.05) is 6.54 Å². The lowest BCUT2D eigenvalue weighted by Crippen LogP contribution is -2.18. The molecule has 1 N–H and O–H groups in total. The maximum Gasteiger partial charge on any atom is 0.227 e. The number of hydrogen-bond acceptors (Lipinski definition) is 2. The van der Waals surface area contributed by atoms with Crippen molar-refractivity contribution in [1.82, 2.24) is 5.32 Å². The van der Waals surface area contributed by atoms with Crippen molar-refractivity contribution in [3.63, 3.8) is 0 Å². The third-order valence-corrected chi connectivity index (χ3v) is 2.28. The van der Waals surface area contributed by atoms with Crippen molar-refractivity contribution >= 4 is 5.91 Å². The van der Waals surface area contributed by atoms with Crippen LogP contribution in [0.1, 0.15) is 0 Å². The van der Waals surface area contributed by atoms with Crippen molar-refractivity contribution in [2.24, 2.45) is 11.8 Å². The van der Waals surface area contributed by atoms with E-state index in [0.29, 0.717) is 12.1 Å². The Morgan fingerprint density at radius 2 is 2.50 bits per heavy atom. The zero-order valence-corrected chi connectivity index (χ0v) is 6.45. The topological polar surface area (TPSA) is 52.9 Å². The number of hydrogen-bond donors (Lipinski definition) is 1. The first-order valence-electron chi connectivity index (χ1n) is 3.89. The molecule has 0 aromatic heterocycles. The molecular weight excluding hydrogens is 152 g/mol. The quantitative estimate of drug-likeness (QED) is 0.556. The first-order valence-corrected chi connectivity index (χ1v) is 3.89. The fourth-order valence-corrected chi connectivity index (χ4v) is 1.62. The van der Waals surface area contributed by atoms with E-state index in [1.807, 2.05) is 12.2 Å². The minimum absolute atomic E-state index is 0.0397. The maximum absolute atomic E-state index is 11.1. The summed E-state index contributed by atoms with van der Waals surface area (Å²) in [5.74, 6) is 0.226. The second-order valence-corrected chi connectivity index (χ2v) is 3.03. The summed E-state index contributed by atoms with van der Waals surface area (Å²) >= 11 is 0. The number of carbonyl (C=O) groups excluding carboxylic acids is 1. The van der Waals surface area contributed by atoms with E-state index >= 15 is 0 Å². The van der Waals surface area contributed by atoms with Crippen molar-refractivity contribution in [3.8, 4) is 6.07 Å². The molecule has 0 radical (unpaired) electrons. The molecule has 0 bridgehead atoms. The first kappa shape index (κ1) is 7.11. The van der Waals surface area contributed by atoms with Crippen LogP contribution in [0.3, 0.4) is 0 Å². The highest BCUT2D eigenvalue weighted by Gasteiger charge is 2.32. The zero-order valence-electron chi connectivity index (χ0n) is 6.45. The van der Waals surface area contributed by atoms with Gasteiger partial charge in [-0.1, -0.05) is 12.2 Å². The Morgan fingerprint density at radius 3 is 3.25 bits per heavy atom. The Morgan fingerprint density at radius 1 is 1.67 bits per heavy atom. The Bertz CT molecular complexity index is 322. The molecule has 0 saturated carbocycles. The van der Waals surface area contributed by atoms with Gasteiger partial charge in [-0.15, -0.1) is 0 Å². The predicted molar refractivity (Wildman–Crippen MR) is 42.8 cm³/mol. The average Bonchev–Trinajstić information content (AvgIpc) is 2.47. The molecule has 60 valence electrons. The Labute approximate surface area is 70.4 Å². The number of carbonyl (C=O) groups is 1. The maximum atomic E-state index is 11.1. The van der Waals surface area contributed by atoms with E-state index < -0.39 is 0 Å². The normalized spacial score (nSPS) is 31.9. The van der Waals surface area contributed by atoms with Crippen LogP contribution in [0.25, 0.3) is 0 Å². The molecule has 0 spiro atoms. The van der Waals surface area contributed by atoms with Gasteiger partial charge in [0.2, 0.25) is 5.91 Å². The Hall–Kier alpha value is -1.56. The summed E-state index contributed by atoms with van der Waals surface area (Å²) in [6, 6.07) is 2.07. The van der Waals surface area contributed by atoms with Crippen LogP contribution in [0, 0.1) is 23.2 Å². The van der Waals surface area contributed by atoms with Crippen LogP contribution in [0.2, 0.25) is 0 Å². The molecular formula is C9H8N2O. The molecule has 1 aliphatic carbocycles. The number of fused-ring (bicyclic) bond motifs is 1. The van der Waals surface area contributed by atoms with Crippen LogP contribution < -0.4 is 5.32 Å². The van der Waals surface area contributed by atoms with Gasteiger partial charge < -0.3 is 5.32 Å². The summed E-state index contributed by atoms with van der Waals surface area (Å²) in [5, 5.41) is 11.4. The summed E-state index contributed by atoms with van der Waals surface area (Å²) in [6.45, 7) is 0.666. The van der Waals surface area contributed by atoms with Crippen LogP contribution in [-0.2, 0) is 4.79 Å². The van der Waals surface area contributed by atoms with Gasteiger partial charge in [-0.2, -0.15) is 5.26 Å². The number of allylic oxidation sites excluding steroid dienone is 2. The van der Waals surface area contributed by atoms with Crippen LogP contribution in [0.5, 0.6) is 0 Å². The van der Waals surface area contributed by atoms with Gasteiger partial charge >= 0.3 is 0 Å². The van der Waals surface area contributed by atoms with Crippen LogP contribution in [-0.4, -0.2) is 12.5 Å². The largest absolute Gasteiger partial charge is 0.355 e. The lowest BCUT2D eigenvalue weighted by Gasteiger charge is -2.12. The Kier molecular flexibility index (Phi) is 1.47. The molecule has 2 unspecified atom stereocenters. The molecule has 3 nitrogen and oxygen atoms in total. The molecule has 2 aliphatic rings. The van der Waals surface area contributed by atoms with E-state index in [4.69, 9.17) is 5.26 Å². The smallest absolute Gasteiger partial charge is 0.227 e. The van der Waals surface area contributed by atoms with E-state index in [-0.39, 0.29) is 17.7 Å². The van der Waals surface area contributed by atoms with Gasteiger partial charge in [-0.25, -0.2) is 0 Å². The second kappa shape index (κ2) is 2.49. The van der Waals surface area contributed by atoms with Crippen LogP contribution in [0.15, 0.2) is 23.8 Å². The van der Waals surface area contributed by atoms with Crippen molar-refractivity contribution < 1.29 is 4.79 Å². The van der Waals surface area contributed by atoms with Gasteiger partial charge in [-0.3, -0.25) is 4.79 Å². The Balaban J connectivity index is 2.28. The summed E-state index contributed by atoms with van der Waals surface area (Å²) in [7, 11) is 0. The van der Waals surface area contributed by atoms with Gasteiger partial charge in [0.15, 0.2) is 0 Å². The van der Waals surface area contributed by atoms with E-state index in [2.05, 4.69) is 11.4 Å². The third-order valence-electron chi connectivity index (χ3n) is 2.28. The molecule has 1 amide bonds. The minimum Gasteiger partial charge on any atom is -0.355 e. The number of nitriles is 1. The highest BCUT2D eigenvalue weighted by molar-refractivity contribution is 5.84.